The van der Waals surface area contributed by atoms with Crippen molar-refractivity contribution >= 4 is 11.8 Å². The maximum Gasteiger partial charge on any atom is 0.490 e. The van der Waals surface area contributed by atoms with E-state index in [1.165, 1.54) is 16.7 Å². The van der Waals surface area contributed by atoms with Crippen molar-refractivity contribution in [1.82, 2.24) is 25.5 Å². The lowest BCUT2D eigenvalue weighted by Gasteiger charge is -2.31. The highest BCUT2D eigenvalue weighted by Gasteiger charge is 2.38. The van der Waals surface area contributed by atoms with Gasteiger partial charge in [0.1, 0.15) is 5.82 Å². The maximum atomic E-state index is 10.6. The molecule has 2 aliphatic rings. The Morgan fingerprint density at radius 1 is 1.13 bits per heavy atom. The summed E-state index contributed by atoms with van der Waals surface area (Å²) in [6.45, 7) is 3.55. The predicted molar refractivity (Wildman–Crippen MR) is 105 cm³/mol. The molecule has 0 spiro atoms. The third-order valence-corrected chi connectivity index (χ3v) is 5.09. The zero-order chi connectivity index (χ0) is 22.0. The molecule has 11 heteroatoms. The Hall–Kier alpha value is -3.47. The van der Waals surface area contributed by atoms with Crippen molar-refractivity contribution in [2.24, 2.45) is 0 Å². The third kappa shape index (κ3) is 4.50. The van der Waals surface area contributed by atoms with Crippen LogP contribution in [0.15, 0.2) is 36.7 Å². The molecule has 8 nitrogen and oxygen atoms in total. The van der Waals surface area contributed by atoms with Crippen molar-refractivity contribution in [3.05, 3.63) is 59.0 Å². The fraction of sp³-hybridized carbons (Fsp3) is 0.300. The van der Waals surface area contributed by atoms with Crippen LogP contribution in [0.2, 0.25) is 0 Å². The molecule has 4 heterocycles. The van der Waals surface area contributed by atoms with Gasteiger partial charge in [-0.25, -0.2) is 14.8 Å². The minimum atomic E-state index is -5.08. The number of aliphatic carboxylic acids is 1. The number of H-pyrrole nitrogens is 1. The highest BCUT2D eigenvalue weighted by molar-refractivity contribution is 5.73. The number of halogens is 3. The Bertz CT molecular complexity index is 1090. The smallest absolute Gasteiger partial charge is 0.475 e. The molecular formula is C20H19F3N6O2. The molecule has 2 aliphatic heterocycles. The second-order valence-corrected chi connectivity index (χ2v) is 7.13. The quantitative estimate of drug-likeness (QED) is 0.572. The SMILES string of the molecule is O=C(O)C(F)(F)F.c1ccc2c(c1)CCN(c1nc(-c3cn[nH]c3)nc3c1CNC3)C2. The molecule has 2 aromatic heterocycles. The minimum absolute atomic E-state index is 0.750. The number of hydrogen-bond acceptors (Lipinski definition) is 6. The van der Waals surface area contributed by atoms with E-state index in [2.05, 4.69) is 44.7 Å². The number of carboxylic acid groups (broad SMARTS) is 1. The van der Waals surface area contributed by atoms with Crippen LogP contribution in [-0.4, -0.2) is 44.0 Å². The standard InChI is InChI=1S/C18H18N6.C2HF3O2/c1-2-4-13-11-24(6-5-12(13)3-1)18-15-9-19-10-16(15)22-17(23-18)14-7-20-21-8-14;3-2(4,5)1(6)7/h1-4,7-8,19H,5-6,9-11H2,(H,20,21);(H,6,7). The highest BCUT2D eigenvalue weighted by Crippen LogP contribution is 2.31. The molecule has 0 atom stereocenters. The Kier molecular flexibility index (Phi) is 5.59. The lowest BCUT2D eigenvalue weighted by atomic mass is 9.99. The van der Waals surface area contributed by atoms with Crippen LogP contribution >= 0.6 is 0 Å². The van der Waals surface area contributed by atoms with E-state index < -0.39 is 12.1 Å². The first kappa shape index (κ1) is 20.8. The summed E-state index contributed by atoms with van der Waals surface area (Å²) in [5.74, 6) is -0.941. The number of benzene rings is 1. The number of aromatic amines is 1. The Morgan fingerprint density at radius 3 is 2.55 bits per heavy atom. The molecule has 0 aliphatic carbocycles. The molecular weight excluding hydrogens is 413 g/mol. The van der Waals surface area contributed by atoms with E-state index in [0.29, 0.717) is 0 Å². The number of anilines is 1. The molecule has 0 amide bonds. The van der Waals surface area contributed by atoms with Crippen LogP contribution < -0.4 is 10.2 Å². The lowest BCUT2D eigenvalue weighted by molar-refractivity contribution is -0.192. The summed E-state index contributed by atoms with van der Waals surface area (Å²) in [4.78, 5) is 20.9. The van der Waals surface area contributed by atoms with Gasteiger partial charge in [-0.3, -0.25) is 5.10 Å². The summed E-state index contributed by atoms with van der Waals surface area (Å²) in [6.07, 6.45) is -0.401. The normalized spacial score (nSPS) is 15.0. The van der Waals surface area contributed by atoms with Crippen molar-refractivity contribution < 1.29 is 23.1 Å². The molecule has 0 radical (unpaired) electrons. The van der Waals surface area contributed by atoms with Gasteiger partial charge in [-0.05, 0) is 17.5 Å². The van der Waals surface area contributed by atoms with Crippen molar-refractivity contribution in [2.75, 3.05) is 11.4 Å². The number of nitrogens with zero attached hydrogens (tertiary/aromatic N) is 4. The van der Waals surface area contributed by atoms with E-state index >= 15 is 0 Å². The van der Waals surface area contributed by atoms with E-state index in [4.69, 9.17) is 19.9 Å². The molecule has 0 saturated carbocycles. The van der Waals surface area contributed by atoms with Gasteiger partial charge in [0.25, 0.3) is 0 Å². The first-order valence-corrected chi connectivity index (χ1v) is 9.54. The summed E-state index contributed by atoms with van der Waals surface area (Å²) in [5, 5.41) is 17.4. The Morgan fingerprint density at radius 2 is 1.87 bits per heavy atom. The van der Waals surface area contributed by atoms with Crippen LogP contribution in [0.3, 0.4) is 0 Å². The fourth-order valence-corrected chi connectivity index (χ4v) is 3.59. The number of aromatic nitrogens is 4. The molecule has 3 aromatic rings. The summed E-state index contributed by atoms with van der Waals surface area (Å²) < 4.78 is 31.7. The first-order chi connectivity index (χ1) is 14.8. The first-order valence-electron chi connectivity index (χ1n) is 9.54. The van der Waals surface area contributed by atoms with E-state index in [-0.39, 0.29) is 0 Å². The van der Waals surface area contributed by atoms with Gasteiger partial charge < -0.3 is 15.3 Å². The van der Waals surface area contributed by atoms with Gasteiger partial charge >= 0.3 is 12.1 Å². The van der Waals surface area contributed by atoms with Crippen LogP contribution in [0.5, 0.6) is 0 Å². The molecule has 31 heavy (non-hydrogen) atoms. The van der Waals surface area contributed by atoms with Crippen molar-refractivity contribution in [2.45, 2.75) is 32.2 Å². The summed E-state index contributed by atoms with van der Waals surface area (Å²) in [6, 6.07) is 8.69. The zero-order valence-corrected chi connectivity index (χ0v) is 16.3. The van der Waals surface area contributed by atoms with Crippen LogP contribution in [-0.2, 0) is 30.8 Å². The molecule has 0 saturated heterocycles. The van der Waals surface area contributed by atoms with Gasteiger partial charge in [-0.1, -0.05) is 24.3 Å². The van der Waals surface area contributed by atoms with Crippen molar-refractivity contribution in [1.29, 1.82) is 0 Å². The number of rotatable bonds is 2. The topological polar surface area (TPSA) is 107 Å². The van der Waals surface area contributed by atoms with Crippen molar-refractivity contribution in [3.8, 4) is 11.4 Å². The number of carboxylic acids is 1. The lowest BCUT2D eigenvalue weighted by Crippen LogP contribution is -2.32. The number of carbonyl (C=O) groups is 1. The molecule has 162 valence electrons. The van der Waals surface area contributed by atoms with Gasteiger partial charge in [0.05, 0.1) is 17.5 Å². The Labute approximate surface area is 175 Å². The molecule has 0 fully saturated rings. The Balaban J connectivity index is 0.000000289. The summed E-state index contributed by atoms with van der Waals surface area (Å²) in [5.41, 5.74) is 6.12. The highest BCUT2D eigenvalue weighted by atomic mass is 19.4. The fourth-order valence-electron chi connectivity index (χ4n) is 3.59. The van der Waals surface area contributed by atoms with Gasteiger partial charge in [0.2, 0.25) is 0 Å². The van der Waals surface area contributed by atoms with E-state index in [0.717, 1.165) is 55.5 Å². The predicted octanol–water partition coefficient (Wildman–Crippen LogP) is 2.67. The molecule has 1 aromatic carbocycles. The average Bonchev–Trinajstić information content (AvgIpc) is 3.44. The number of nitrogens with one attached hydrogen (secondary N) is 2. The van der Waals surface area contributed by atoms with Crippen LogP contribution in [0.1, 0.15) is 22.4 Å². The van der Waals surface area contributed by atoms with Crippen LogP contribution in [0.4, 0.5) is 19.0 Å². The second kappa shape index (κ2) is 8.34. The summed E-state index contributed by atoms with van der Waals surface area (Å²) in [7, 11) is 0. The molecule has 3 N–H and O–H groups in total. The third-order valence-electron chi connectivity index (χ3n) is 5.09. The van der Waals surface area contributed by atoms with Gasteiger partial charge in [0.15, 0.2) is 5.82 Å². The van der Waals surface area contributed by atoms with E-state index in [9.17, 15) is 13.2 Å². The number of hydrogen-bond donors (Lipinski definition) is 3. The number of fused-ring (bicyclic) bond motifs is 2. The molecule has 0 unspecified atom stereocenters. The molecule has 0 bridgehead atoms. The minimum Gasteiger partial charge on any atom is -0.475 e. The van der Waals surface area contributed by atoms with Crippen LogP contribution in [0.25, 0.3) is 11.4 Å². The number of alkyl halides is 3. The van der Waals surface area contributed by atoms with E-state index in [1.807, 2.05) is 6.20 Å². The van der Waals surface area contributed by atoms with Gasteiger partial charge in [-0.15, -0.1) is 0 Å². The van der Waals surface area contributed by atoms with Crippen molar-refractivity contribution in [3.63, 3.8) is 0 Å². The maximum absolute atomic E-state index is 10.6. The summed E-state index contributed by atoms with van der Waals surface area (Å²) >= 11 is 0. The van der Waals surface area contributed by atoms with Gasteiger partial charge in [0, 0.05) is 37.9 Å². The second-order valence-electron chi connectivity index (χ2n) is 7.13. The molecule has 5 rings (SSSR count). The average molecular weight is 432 g/mol. The van der Waals surface area contributed by atoms with Gasteiger partial charge in [-0.2, -0.15) is 18.3 Å². The monoisotopic (exact) mass is 432 g/mol. The van der Waals surface area contributed by atoms with E-state index in [1.54, 1.807) is 6.20 Å². The largest absolute Gasteiger partial charge is 0.490 e. The zero-order valence-electron chi connectivity index (χ0n) is 16.3. The van der Waals surface area contributed by atoms with Crippen LogP contribution in [0, 0.1) is 0 Å².